The second kappa shape index (κ2) is 8.00. The standard InChI is InChI=1S/C14H17N4O10P/c1-6(19)26-10-8(3-25-29(22,23)24)28-14(11(10)27-7(2)20)18-5-17-9-12(18)15-4-16-13(9)21/h4-5,8,10-11,14H,3H2,1-2H3,(H,15,16,21)(H2,22,23,24)/t8-,10-,11-,14-/m1/s1. The molecule has 0 spiro atoms. The summed E-state index contributed by atoms with van der Waals surface area (Å²) in [5.41, 5.74) is -0.445. The van der Waals surface area contributed by atoms with Crippen molar-refractivity contribution in [3.63, 3.8) is 0 Å². The van der Waals surface area contributed by atoms with E-state index in [0.717, 1.165) is 20.2 Å². The predicted molar refractivity (Wildman–Crippen MR) is 91.2 cm³/mol. The van der Waals surface area contributed by atoms with E-state index in [1.807, 2.05) is 0 Å². The number of fused-ring (bicyclic) bond motifs is 1. The predicted octanol–water partition coefficient (Wildman–Crippen LogP) is -1.01. The van der Waals surface area contributed by atoms with Crippen molar-refractivity contribution in [2.45, 2.75) is 38.4 Å². The van der Waals surface area contributed by atoms with Gasteiger partial charge in [-0.05, 0) is 0 Å². The van der Waals surface area contributed by atoms with Crippen LogP contribution >= 0.6 is 7.82 Å². The van der Waals surface area contributed by atoms with E-state index in [4.69, 9.17) is 24.0 Å². The summed E-state index contributed by atoms with van der Waals surface area (Å²) < 4.78 is 33.0. The second-order valence-corrected chi connectivity index (χ2v) is 7.29. The Morgan fingerprint density at radius 2 is 1.90 bits per heavy atom. The van der Waals surface area contributed by atoms with Crippen LogP contribution in [0.4, 0.5) is 0 Å². The average molecular weight is 432 g/mol. The van der Waals surface area contributed by atoms with E-state index in [-0.39, 0.29) is 11.2 Å². The quantitative estimate of drug-likeness (QED) is 0.373. The van der Waals surface area contributed by atoms with Gasteiger partial charge in [-0.1, -0.05) is 0 Å². The van der Waals surface area contributed by atoms with Crippen molar-refractivity contribution in [1.29, 1.82) is 0 Å². The summed E-state index contributed by atoms with van der Waals surface area (Å²) in [6, 6.07) is 0. The zero-order valence-corrected chi connectivity index (χ0v) is 16.0. The molecular weight excluding hydrogens is 415 g/mol. The average Bonchev–Trinajstić information content (AvgIpc) is 3.15. The molecule has 1 fully saturated rings. The Morgan fingerprint density at radius 3 is 2.52 bits per heavy atom. The molecule has 1 aliphatic heterocycles. The molecule has 158 valence electrons. The molecule has 0 radical (unpaired) electrons. The van der Waals surface area contributed by atoms with Gasteiger partial charge in [-0.25, -0.2) is 14.5 Å². The largest absolute Gasteiger partial charge is 0.469 e. The van der Waals surface area contributed by atoms with Crippen LogP contribution < -0.4 is 5.56 Å². The number of hydrogen-bond acceptors (Lipinski definition) is 10. The summed E-state index contributed by atoms with van der Waals surface area (Å²) in [5.74, 6) is -1.48. The summed E-state index contributed by atoms with van der Waals surface area (Å²) >= 11 is 0. The first-order chi connectivity index (χ1) is 13.6. The Labute approximate surface area is 162 Å². The van der Waals surface area contributed by atoms with Crippen molar-refractivity contribution in [1.82, 2.24) is 19.5 Å². The number of phosphoric ester groups is 1. The number of nitrogens with one attached hydrogen (secondary N) is 1. The summed E-state index contributed by atoms with van der Waals surface area (Å²) in [6.07, 6.45) is -2.53. The molecule has 0 bridgehead atoms. The van der Waals surface area contributed by atoms with Crippen LogP contribution in [-0.2, 0) is 32.9 Å². The molecule has 0 unspecified atom stereocenters. The van der Waals surface area contributed by atoms with Gasteiger partial charge in [-0.2, -0.15) is 0 Å². The maximum atomic E-state index is 11.9. The van der Waals surface area contributed by atoms with Crippen LogP contribution in [0.5, 0.6) is 0 Å². The van der Waals surface area contributed by atoms with Crippen LogP contribution in [0.2, 0.25) is 0 Å². The molecule has 29 heavy (non-hydrogen) atoms. The van der Waals surface area contributed by atoms with E-state index in [9.17, 15) is 18.9 Å². The van der Waals surface area contributed by atoms with Gasteiger partial charge in [0.25, 0.3) is 5.56 Å². The molecule has 3 N–H and O–H groups in total. The molecule has 1 aliphatic rings. The molecule has 15 heteroatoms. The third-order valence-corrected chi connectivity index (χ3v) is 4.42. The lowest BCUT2D eigenvalue weighted by molar-refractivity contribution is -0.165. The molecule has 0 aromatic carbocycles. The highest BCUT2D eigenvalue weighted by molar-refractivity contribution is 7.46. The van der Waals surface area contributed by atoms with Crippen molar-refractivity contribution in [3.05, 3.63) is 23.0 Å². The Balaban J connectivity index is 2.02. The van der Waals surface area contributed by atoms with E-state index in [2.05, 4.69) is 19.5 Å². The highest BCUT2D eigenvalue weighted by Crippen LogP contribution is 2.40. The number of ether oxygens (including phenoxy) is 3. The minimum atomic E-state index is -4.86. The number of rotatable bonds is 6. The monoisotopic (exact) mass is 432 g/mol. The lowest BCUT2D eigenvalue weighted by atomic mass is 10.1. The van der Waals surface area contributed by atoms with E-state index in [1.165, 1.54) is 10.9 Å². The van der Waals surface area contributed by atoms with Gasteiger partial charge in [-0.15, -0.1) is 0 Å². The molecule has 0 aliphatic carbocycles. The number of aromatic nitrogens is 4. The van der Waals surface area contributed by atoms with Crippen LogP contribution in [0.25, 0.3) is 11.2 Å². The minimum Gasteiger partial charge on any atom is -0.456 e. The molecular formula is C14H17N4O10P. The number of phosphoric acid groups is 1. The van der Waals surface area contributed by atoms with Crippen molar-refractivity contribution in [2.75, 3.05) is 6.61 Å². The first-order valence-corrected chi connectivity index (χ1v) is 9.70. The lowest BCUT2D eigenvalue weighted by Crippen LogP contribution is -2.40. The van der Waals surface area contributed by atoms with Gasteiger partial charge >= 0.3 is 19.8 Å². The highest BCUT2D eigenvalue weighted by atomic mass is 31.2. The zero-order valence-electron chi connectivity index (χ0n) is 15.1. The zero-order chi connectivity index (χ0) is 21.3. The van der Waals surface area contributed by atoms with Gasteiger partial charge in [0, 0.05) is 13.8 Å². The van der Waals surface area contributed by atoms with E-state index >= 15 is 0 Å². The Morgan fingerprint density at radius 1 is 1.24 bits per heavy atom. The SMILES string of the molecule is CC(=O)O[C@@H]1[C@H](OC(C)=O)[C@@H](COP(=O)(O)O)O[C@H]1n1cnc2c(=O)[nH]cnc21. The number of carbonyl (C=O) groups is 2. The smallest absolute Gasteiger partial charge is 0.456 e. The summed E-state index contributed by atoms with van der Waals surface area (Å²) in [5, 5.41) is 0. The van der Waals surface area contributed by atoms with Gasteiger partial charge in [0.15, 0.2) is 29.6 Å². The maximum absolute atomic E-state index is 11.9. The first kappa shape index (κ1) is 21.1. The third-order valence-electron chi connectivity index (χ3n) is 3.94. The summed E-state index contributed by atoms with van der Waals surface area (Å²) in [7, 11) is -4.86. The molecule has 2 aromatic rings. The second-order valence-electron chi connectivity index (χ2n) is 6.06. The number of carbonyl (C=O) groups excluding carboxylic acids is 2. The molecule has 3 heterocycles. The van der Waals surface area contributed by atoms with Gasteiger partial charge in [0.1, 0.15) is 6.10 Å². The first-order valence-electron chi connectivity index (χ1n) is 8.17. The van der Waals surface area contributed by atoms with Crippen molar-refractivity contribution in [3.8, 4) is 0 Å². The van der Waals surface area contributed by atoms with Gasteiger partial charge in [-0.3, -0.25) is 23.5 Å². The topological polar surface area (TPSA) is 192 Å². The minimum absolute atomic E-state index is 0.0170. The third kappa shape index (κ3) is 4.68. The number of esters is 2. The molecule has 4 atom stereocenters. The number of H-pyrrole nitrogens is 1. The van der Waals surface area contributed by atoms with Crippen LogP contribution in [-0.4, -0.2) is 66.2 Å². The molecule has 0 saturated carbocycles. The van der Waals surface area contributed by atoms with Crippen molar-refractivity contribution < 1.29 is 42.7 Å². The van der Waals surface area contributed by atoms with Crippen LogP contribution in [0.15, 0.2) is 17.4 Å². The Bertz CT molecular complexity index is 1030. The fourth-order valence-corrected chi connectivity index (χ4v) is 3.28. The Hall–Kier alpha value is -2.64. The van der Waals surface area contributed by atoms with Crippen LogP contribution in [0, 0.1) is 0 Å². The summed E-state index contributed by atoms with van der Waals surface area (Å²) in [4.78, 5) is 63.3. The number of aromatic amines is 1. The van der Waals surface area contributed by atoms with Gasteiger partial charge in [0.2, 0.25) is 0 Å². The van der Waals surface area contributed by atoms with E-state index in [0.29, 0.717) is 0 Å². The molecule has 3 rings (SSSR count). The number of hydrogen-bond donors (Lipinski definition) is 3. The Kier molecular flexibility index (Phi) is 5.82. The van der Waals surface area contributed by atoms with Gasteiger partial charge in [0.05, 0.1) is 19.3 Å². The molecule has 0 amide bonds. The number of imidazole rings is 1. The molecule has 1 saturated heterocycles. The van der Waals surface area contributed by atoms with Crippen LogP contribution in [0.3, 0.4) is 0 Å². The van der Waals surface area contributed by atoms with Crippen molar-refractivity contribution >= 4 is 30.9 Å². The van der Waals surface area contributed by atoms with Crippen LogP contribution in [0.1, 0.15) is 20.1 Å². The lowest BCUT2D eigenvalue weighted by Gasteiger charge is -2.23. The number of nitrogens with zero attached hydrogens (tertiary/aromatic N) is 3. The highest BCUT2D eigenvalue weighted by Gasteiger charge is 2.51. The van der Waals surface area contributed by atoms with Gasteiger partial charge < -0.3 is 29.0 Å². The molecule has 2 aromatic heterocycles. The fourth-order valence-electron chi connectivity index (χ4n) is 2.94. The van der Waals surface area contributed by atoms with E-state index < -0.39 is 56.5 Å². The summed E-state index contributed by atoms with van der Waals surface area (Å²) in [6.45, 7) is 1.56. The maximum Gasteiger partial charge on any atom is 0.469 e. The fraction of sp³-hybridized carbons (Fsp3) is 0.500. The molecule has 14 nitrogen and oxygen atoms in total. The van der Waals surface area contributed by atoms with Crippen molar-refractivity contribution in [2.24, 2.45) is 0 Å². The normalized spacial score (nSPS) is 24.6. The van der Waals surface area contributed by atoms with E-state index in [1.54, 1.807) is 0 Å².